The molecule has 1 fully saturated rings. The quantitative estimate of drug-likeness (QED) is 0.498. The van der Waals surface area contributed by atoms with E-state index in [1.807, 2.05) is 0 Å². The second-order valence-electron chi connectivity index (χ2n) is 3.03. The van der Waals surface area contributed by atoms with Crippen molar-refractivity contribution in [2.75, 3.05) is 13.1 Å². The van der Waals surface area contributed by atoms with Crippen LogP contribution in [0, 0.1) is 10.1 Å². The number of rotatable bonds is 2. The van der Waals surface area contributed by atoms with E-state index in [0.717, 1.165) is 0 Å². The van der Waals surface area contributed by atoms with Gasteiger partial charge in [-0.3, -0.25) is 10.1 Å². The third-order valence-electron chi connectivity index (χ3n) is 2.07. The summed E-state index contributed by atoms with van der Waals surface area (Å²) in [5.41, 5.74) is -1.06. The van der Waals surface area contributed by atoms with Crippen molar-refractivity contribution in [3.63, 3.8) is 0 Å². The molecule has 2 rings (SSSR count). The van der Waals surface area contributed by atoms with Gasteiger partial charge in [0.25, 0.3) is 0 Å². The molecule has 1 aromatic rings. The summed E-state index contributed by atoms with van der Waals surface area (Å²) in [6.07, 6.45) is 0. The van der Waals surface area contributed by atoms with Gasteiger partial charge in [-0.1, -0.05) is 0 Å². The van der Waals surface area contributed by atoms with Crippen molar-refractivity contribution >= 4 is 5.88 Å². The first-order valence-corrected chi connectivity index (χ1v) is 3.80. The fourth-order valence-electron chi connectivity index (χ4n) is 1.21. The van der Waals surface area contributed by atoms with E-state index in [1.54, 1.807) is 0 Å². The van der Waals surface area contributed by atoms with Gasteiger partial charge >= 0.3 is 5.88 Å². The summed E-state index contributed by atoms with van der Waals surface area (Å²) in [7, 11) is 0. The Bertz CT molecular complexity index is 342. The van der Waals surface area contributed by atoms with E-state index >= 15 is 0 Å². The lowest BCUT2D eigenvalue weighted by Gasteiger charge is -2.35. The molecule has 0 amide bonds. The first-order valence-electron chi connectivity index (χ1n) is 3.80. The monoisotopic (exact) mass is 184 g/mol. The van der Waals surface area contributed by atoms with Gasteiger partial charge in [-0.2, -0.15) is 0 Å². The van der Waals surface area contributed by atoms with Gasteiger partial charge in [0.1, 0.15) is 16.3 Å². The SMILES string of the molecule is O=[N+]([O-])c1ccc(C2(O)CNC2)o1. The van der Waals surface area contributed by atoms with Crippen molar-refractivity contribution < 1.29 is 14.4 Å². The molecule has 0 radical (unpaired) electrons. The smallest absolute Gasteiger partial charge is 0.403 e. The average molecular weight is 184 g/mol. The minimum Gasteiger partial charge on any atom is -0.403 e. The average Bonchev–Trinajstić information content (AvgIpc) is 2.48. The fraction of sp³-hybridized carbons (Fsp3) is 0.429. The number of hydrogen-bond donors (Lipinski definition) is 2. The molecule has 0 aromatic carbocycles. The lowest BCUT2D eigenvalue weighted by Crippen LogP contribution is -2.56. The second-order valence-corrected chi connectivity index (χ2v) is 3.03. The normalized spacial score (nSPS) is 19.5. The molecule has 70 valence electrons. The number of β-amino-alcohol motifs (C(OH)–C–C–N with tert-alkyl or cyclic N) is 1. The van der Waals surface area contributed by atoms with Crippen LogP contribution in [0.4, 0.5) is 5.88 Å². The van der Waals surface area contributed by atoms with Crippen LogP contribution in [0.2, 0.25) is 0 Å². The molecule has 1 aliphatic rings. The van der Waals surface area contributed by atoms with Gasteiger partial charge in [0, 0.05) is 13.1 Å². The Hall–Kier alpha value is -1.40. The third-order valence-corrected chi connectivity index (χ3v) is 2.07. The van der Waals surface area contributed by atoms with Crippen LogP contribution in [0.5, 0.6) is 0 Å². The number of hydrogen-bond acceptors (Lipinski definition) is 5. The van der Waals surface area contributed by atoms with Crippen LogP contribution in [-0.2, 0) is 5.60 Å². The number of nitrogens with zero attached hydrogens (tertiary/aromatic N) is 1. The highest BCUT2D eigenvalue weighted by Crippen LogP contribution is 2.29. The molecule has 6 heteroatoms. The van der Waals surface area contributed by atoms with Crippen LogP contribution in [0.3, 0.4) is 0 Å². The summed E-state index contributed by atoms with van der Waals surface area (Å²) >= 11 is 0. The highest BCUT2D eigenvalue weighted by molar-refractivity contribution is 5.24. The number of aliphatic hydroxyl groups is 1. The van der Waals surface area contributed by atoms with Crippen LogP contribution in [0.1, 0.15) is 5.76 Å². The first kappa shape index (κ1) is 8.21. The lowest BCUT2D eigenvalue weighted by atomic mass is 9.94. The minimum atomic E-state index is -1.06. The molecule has 1 saturated heterocycles. The molecule has 13 heavy (non-hydrogen) atoms. The number of nitrogens with one attached hydrogen (secondary N) is 1. The molecule has 1 aliphatic heterocycles. The van der Waals surface area contributed by atoms with Gasteiger partial charge in [-0.15, -0.1) is 0 Å². The van der Waals surface area contributed by atoms with Gasteiger partial charge in [-0.05, 0) is 6.07 Å². The zero-order chi connectivity index (χ0) is 9.47. The molecule has 1 aromatic heterocycles. The first-order chi connectivity index (χ1) is 6.12. The van der Waals surface area contributed by atoms with Gasteiger partial charge in [-0.25, -0.2) is 0 Å². The van der Waals surface area contributed by atoms with E-state index in [1.165, 1.54) is 12.1 Å². The summed E-state index contributed by atoms with van der Waals surface area (Å²) in [4.78, 5) is 9.64. The summed E-state index contributed by atoms with van der Waals surface area (Å²) in [5, 5.41) is 22.8. The molecule has 0 atom stereocenters. The van der Waals surface area contributed by atoms with E-state index in [9.17, 15) is 15.2 Å². The van der Waals surface area contributed by atoms with Crippen molar-refractivity contribution in [3.8, 4) is 0 Å². The minimum absolute atomic E-state index is 0.248. The van der Waals surface area contributed by atoms with Crippen LogP contribution >= 0.6 is 0 Å². The number of nitro groups is 1. The maximum Gasteiger partial charge on any atom is 0.433 e. The molecule has 0 spiro atoms. The van der Waals surface area contributed by atoms with Crippen molar-refractivity contribution in [2.45, 2.75) is 5.60 Å². The molecule has 0 aliphatic carbocycles. The number of furan rings is 1. The van der Waals surface area contributed by atoms with Crippen LogP contribution in [0.25, 0.3) is 0 Å². The fourth-order valence-corrected chi connectivity index (χ4v) is 1.21. The Balaban J connectivity index is 2.27. The molecular weight excluding hydrogens is 176 g/mol. The zero-order valence-electron chi connectivity index (χ0n) is 6.69. The van der Waals surface area contributed by atoms with E-state index < -0.39 is 10.5 Å². The molecule has 6 nitrogen and oxygen atoms in total. The summed E-state index contributed by atoms with van der Waals surface area (Å²) in [6, 6.07) is 2.67. The van der Waals surface area contributed by atoms with E-state index in [0.29, 0.717) is 13.1 Å². The maximum atomic E-state index is 10.3. The zero-order valence-corrected chi connectivity index (χ0v) is 6.69. The highest BCUT2D eigenvalue weighted by Gasteiger charge is 2.40. The topological polar surface area (TPSA) is 88.5 Å². The van der Waals surface area contributed by atoms with Gasteiger partial charge in [0.2, 0.25) is 0 Å². The summed E-state index contributed by atoms with van der Waals surface area (Å²) in [6.45, 7) is 0.745. The van der Waals surface area contributed by atoms with Crippen molar-refractivity contribution in [1.29, 1.82) is 0 Å². The Morgan fingerprint density at radius 2 is 2.31 bits per heavy atom. The van der Waals surface area contributed by atoms with Crippen molar-refractivity contribution in [1.82, 2.24) is 5.32 Å². The summed E-state index contributed by atoms with van der Waals surface area (Å²) in [5.74, 6) is -0.0896. The molecule has 0 bridgehead atoms. The van der Waals surface area contributed by atoms with Crippen molar-refractivity contribution in [2.24, 2.45) is 0 Å². The van der Waals surface area contributed by atoms with Crippen LogP contribution in [-0.4, -0.2) is 23.1 Å². The molecular formula is C7H8N2O4. The van der Waals surface area contributed by atoms with Crippen LogP contribution in [0.15, 0.2) is 16.5 Å². The summed E-state index contributed by atoms with van der Waals surface area (Å²) < 4.78 is 4.86. The van der Waals surface area contributed by atoms with E-state index in [-0.39, 0.29) is 11.6 Å². The lowest BCUT2D eigenvalue weighted by molar-refractivity contribution is -0.402. The molecule has 0 unspecified atom stereocenters. The Morgan fingerprint density at radius 1 is 1.62 bits per heavy atom. The Labute approximate surface area is 73.3 Å². The third kappa shape index (κ3) is 1.20. The van der Waals surface area contributed by atoms with E-state index in [4.69, 9.17) is 4.42 Å². The largest absolute Gasteiger partial charge is 0.433 e. The standard InChI is InChI=1S/C7H8N2O4/c10-7(3-8-4-7)5-1-2-6(13-5)9(11)12/h1-2,8,10H,3-4H2. The molecule has 0 saturated carbocycles. The van der Waals surface area contributed by atoms with Crippen molar-refractivity contribution in [3.05, 3.63) is 28.0 Å². The maximum absolute atomic E-state index is 10.3. The predicted octanol–water partition coefficient (Wildman–Crippen LogP) is -0.0214. The highest BCUT2D eigenvalue weighted by atomic mass is 16.6. The predicted molar refractivity (Wildman–Crippen MR) is 42.1 cm³/mol. The van der Waals surface area contributed by atoms with E-state index in [2.05, 4.69) is 5.32 Å². The Morgan fingerprint density at radius 3 is 2.69 bits per heavy atom. The Kier molecular flexibility index (Phi) is 1.61. The van der Waals surface area contributed by atoms with Gasteiger partial charge in [0.05, 0.1) is 6.07 Å². The second kappa shape index (κ2) is 2.54. The van der Waals surface area contributed by atoms with Gasteiger partial charge < -0.3 is 14.8 Å². The van der Waals surface area contributed by atoms with Crippen LogP contribution < -0.4 is 5.32 Å². The molecule has 2 N–H and O–H groups in total. The molecule has 2 heterocycles. The van der Waals surface area contributed by atoms with Gasteiger partial charge in [0.15, 0.2) is 0 Å².